The fraction of sp³-hybridized carbons (Fsp3) is 0.750. The van der Waals surface area contributed by atoms with E-state index in [1.54, 1.807) is 0 Å². The van der Waals surface area contributed by atoms with E-state index in [1.807, 2.05) is 0 Å². The van der Waals surface area contributed by atoms with Crippen molar-refractivity contribution in [3.05, 3.63) is 11.8 Å². The maximum atomic E-state index is 5.81. The van der Waals surface area contributed by atoms with E-state index in [1.165, 1.54) is 19.3 Å². The molecule has 1 aliphatic rings. The summed E-state index contributed by atoms with van der Waals surface area (Å²) >= 11 is 0. The molecular formula is C8H22O4Si4. The van der Waals surface area contributed by atoms with Gasteiger partial charge in [0.15, 0.2) is 0 Å². The summed E-state index contributed by atoms with van der Waals surface area (Å²) in [6, 6.07) is 0. The molecule has 1 heterocycles. The SMILES string of the molecule is CCCCCC=C[Si]1(C)O[SiH2]O[SiH2]O[SiH2]O1. The first-order valence-electron chi connectivity index (χ1n) is 5.88. The zero-order valence-electron chi connectivity index (χ0n) is 10.2. The van der Waals surface area contributed by atoms with Gasteiger partial charge in [-0.15, -0.1) is 0 Å². The normalized spacial score (nSPS) is 32.4. The topological polar surface area (TPSA) is 36.9 Å². The smallest absolute Gasteiger partial charge is 0.343 e. The molecule has 0 amide bonds. The van der Waals surface area contributed by atoms with E-state index in [0.717, 1.165) is 6.42 Å². The molecule has 0 aromatic carbocycles. The van der Waals surface area contributed by atoms with E-state index in [2.05, 4.69) is 25.2 Å². The van der Waals surface area contributed by atoms with Crippen LogP contribution in [0, 0.1) is 0 Å². The van der Waals surface area contributed by atoms with E-state index in [-0.39, 0.29) is 0 Å². The average molecular weight is 295 g/mol. The van der Waals surface area contributed by atoms with Gasteiger partial charge in [0.05, 0.1) is 0 Å². The van der Waals surface area contributed by atoms with Crippen molar-refractivity contribution in [3.63, 3.8) is 0 Å². The van der Waals surface area contributed by atoms with Crippen molar-refractivity contribution in [1.29, 1.82) is 0 Å². The van der Waals surface area contributed by atoms with Crippen LogP contribution in [0.3, 0.4) is 0 Å². The van der Waals surface area contributed by atoms with Crippen LogP contribution in [0.1, 0.15) is 32.6 Å². The second-order valence-electron chi connectivity index (χ2n) is 3.96. The average Bonchev–Trinajstić information content (AvgIpc) is 2.24. The lowest BCUT2D eigenvalue weighted by molar-refractivity contribution is 0.319. The Kier molecular flexibility index (Phi) is 7.73. The highest BCUT2D eigenvalue weighted by Gasteiger charge is 2.28. The Bertz CT molecular complexity index is 206. The van der Waals surface area contributed by atoms with Gasteiger partial charge in [-0.05, 0) is 25.1 Å². The Morgan fingerprint density at radius 1 is 1.06 bits per heavy atom. The lowest BCUT2D eigenvalue weighted by atomic mass is 10.2. The zero-order valence-corrected chi connectivity index (χ0v) is 15.5. The molecule has 94 valence electrons. The van der Waals surface area contributed by atoms with Crippen LogP contribution in [0.25, 0.3) is 0 Å². The lowest BCUT2D eigenvalue weighted by Gasteiger charge is -2.26. The quantitative estimate of drug-likeness (QED) is 0.520. The molecule has 0 unspecified atom stereocenters. The van der Waals surface area contributed by atoms with Gasteiger partial charge < -0.3 is 16.5 Å². The predicted molar refractivity (Wildman–Crippen MR) is 74.9 cm³/mol. The molecule has 0 radical (unpaired) electrons. The molecular weight excluding hydrogens is 272 g/mol. The largest absolute Gasteiger partial charge is 0.425 e. The molecule has 0 spiro atoms. The minimum absolute atomic E-state index is 0.756. The fourth-order valence-electron chi connectivity index (χ4n) is 1.39. The lowest BCUT2D eigenvalue weighted by Crippen LogP contribution is -2.43. The van der Waals surface area contributed by atoms with Crippen molar-refractivity contribution in [1.82, 2.24) is 0 Å². The third-order valence-electron chi connectivity index (χ3n) is 2.42. The van der Waals surface area contributed by atoms with E-state index in [0.29, 0.717) is 0 Å². The first-order chi connectivity index (χ1) is 7.77. The number of allylic oxidation sites excluding steroid dienone is 1. The summed E-state index contributed by atoms with van der Waals surface area (Å²) in [6.45, 7) is 4.31. The Labute approximate surface area is 106 Å². The van der Waals surface area contributed by atoms with Gasteiger partial charge in [0.1, 0.15) is 0 Å². The van der Waals surface area contributed by atoms with Crippen molar-refractivity contribution in [2.24, 2.45) is 0 Å². The predicted octanol–water partition coefficient (Wildman–Crippen LogP) is -0.190. The molecule has 0 aromatic heterocycles. The molecule has 0 aliphatic carbocycles. The summed E-state index contributed by atoms with van der Waals surface area (Å²) in [5.41, 5.74) is 2.16. The third kappa shape index (κ3) is 6.25. The van der Waals surface area contributed by atoms with Gasteiger partial charge in [-0.2, -0.15) is 0 Å². The van der Waals surface area contributed by atoms with Crippen LogP contribution in [0.5, 0.6) is 0 Å². The second kappa shape index (κ2) is 8.53. The molecule has 0 aromatic rings. The van der Waals surface area contributed by atoms with Crippen LogP contribution in [-0.2, 0) is 16.5 Å². The molecule has 1 rings (SSSR count). The van der Waals surface area contributed by atoms with Gasteiger partial charge >= 0.3 is 8.56 Å². The summed E-state index contributed by atoms with van der Waals surface area (Å²) in [5, 5.41) is 0. The molecule has 1 fully saturated rings. The Morgan fingerprint density at radius 3 is 2.38 bits per heavy atom. The Balaban J connectivity index is 2.29. The van der Waals surface area contributed by atoms with Gasteiger partial charge in [-0.1, -0.05) is 25.8 Å². The fourth-order valence-corrected chi connectivity index (χ4v) is 9.95. The van der Waals surface area contributed by atoms with E-state index in [9.17, 15) is 0 Å². The van der Waals surface area contributed by atoms with Crippen LogP contribution < -0.4 is 0 Å². The van der Waals surface area contributed by atoms with Gasteiger partial charge in [-0.3, -0.25) is 0 Å². The van der Waals surface area contributed by atoms with Crippen LogP contribution in [-0.4, -0.2) is 38.6 Å². The summed E-state index contributed by atoms with van der Waals surface area (Å²) < 4.78 is 22.4. The highest BCUT2D eigenvalue weighted by Crippen LogP contribution is 2.11. The van der Waals surface area contributed by atoms with E-state index >= 15 is 0 Å². The summed E-state index contributed by atoms with van der Waals surface area (Å²) in [6.07, 6.45) is 7.16. The van der Waals surface area contributed by atoms with Gasteiger partial charge in [-0.25, -0.2) is 0 Å². The van der Waals surface area contributed by atoms with Gasteiger partial charge in [0.2, 0.25) is 0 Å². The summed E-state index contributed by atoms with van der Waals surface area (Å²) in [5.74, 6) is 0. The third-order valence-corrected chi connectivity index (χ3v) is 11.5. The van der Waals surface area contributed by atoms with E-state index < -0.39 is 38.6 Å². The standard InChI is InChI=1S/C8H22O4Si4/c1-3-4-5-6-7-8-16(2)11-14-9-13-10-15-12-16/h7-8H,3-6,13-15H2,1-2H3. The van der Waals surface area contributed by atoms with Gasteiger partial charge in [0.25, 0.3) is 30.0 Å². The van der Waals surface area contributed by atoms with Crippen LogP contribution in [0.4, 0.5) is 0 Å². The highest BCUT2D eigenvalue weighted by molar-refractivity contribution is 6.78. The van der Waals surface area contributed by atoms with Crippen LogP contribution >= 0.6 is 0 Å². The first-order valence-corrected chi connectivity index (χ1v) is 11.7. The molecule has 0 saturated carbocycles. The molecule has 0 atom stereocenters. The maximum absolute atomic E-state index is 5.81. The Morgan fingerprint density at radius 2 is 1.75 bits per heavy atom. The first kappa shape index (κ1) is 14.5. The highest BCUT2D eigenvalue weighted by atomic mass is 28.5. The maximum Gasteiger partial charge on any atom is 0.343 e. The zero-order chi connectivity index (χ0) is 11.7. The molecule has 16 heavy (non-hydrogen) atoms. The van der Waals surface area contributed by atoms with E-state index in [4.69, 9.17) is 16.5 Å². The molecule has 0 N–H and O–H groups in total. The monoisotopic (exact) mass is 294 g/mol. The van der Waals surface area contributed by atoms with Crippen molar-refractivity contribution >= 4 is 38.6 Å². The second-order valence-corrected chi connectivity index (χ2v) is 12.6. The summed E-state index contributed by atoms with van der Waals surface area (Å²) in [4.78, 5) is 0. The molecule has 1 saturated heterocycles. The number of unbranched alkanes of at least 4 members (excludes halogenated alkanes) is 3. The van der Waals surface area contributed by atoms with Crippen molar-refractivity contribution < 1.29 is 16.5 Å². The van der Waals surface area contributed by atoms with Crippen LogP contribution in [0.2, 0.25) is 6.55 Å². The van der Waals surface area contributed by atoms with Crippen LogP contribution in [0.15, 0.2) is 11.8 Å². The molecule has 4 nitrogen and oxygen atoms in total. The number of rotatable bonds is 5. The van der Waals surface area contributed by atoms with Crippen molar-refractivity contribution in [2.75, 3.05) is 0 Å². The minimum atomic E-state index is -2.06. The number of hydrogen-bond acceptors (Lipinski definition) is 4. The Hall–Kier alpha value is 0.448. The molecule has 8 heteroatoms. The number of hydrogen-bond donors (Lipinski definition) is 0. The van der Waals surface area contributed by atoms with Crippen molar-refractivity contribution in [2.45, 2.75) is 39.2 Å². The van der Waals surface area contributed by atoms with Crippen molar-refractivity contribution in [3.8, 4) is 0 Å². The summed E-state index contributed by atoms with van der Waals surface area (Å²) in [7, 11) is -4.52. The molecule has 0 bridgehead atoms. The molecule has 1 aliphatic heterocycles. The van der Waals surface area contributed by atoms with Gasteiger partial charge in [0, 0.05) is 0 Å². The minimum Gasteiger partial charge on any atom is -0.425 e.